The molecule has 6 nitrogen and oxygen atoms in total. The number of benzene rings is 2. The summed E-state index contributed by atoms with van der Waals surface area (Å²) in [6.07, 6.45) is 3.43. The number of aromatic amines is 1. The lowest BCUT2D eigenvalue weighted by atomic mass is 10.0. The van der Waals surface area contributed by atoms with Crippen molar-refractivity contribution in [2.45, 2.75) is 20.5 Å². The first-order valence-electron chi connectivity index (χ1n) is 9.21. The van der Waals surface area contributed by atoms with Gasteiger partial charge in [0.1, 0.15) is 12.4 Å². The molecule has 2 aromatic carbocycles. The van der Waals surface area contributed by atoms with Crippen LogP contribution in [0.3, 0.4) is 0 Å². The van der Waals surface area contributed by atoms with Gasteiger partial charge in [0.05, 0.1) is 10.7 Å². The summed E-state index contributed by atoms with van der Waals surface area (Å²) >= 11 is 6.29. The molecule has 0 fully saturated rings. The van der Waals surface area contributed by atoms with Crippen LogP contribution in [-0.2, 0) is 13.7 Å². The number of pyridine rings is 1. The summed E-state index contributed by atoms with van der Waals surface area (Å²) in [5.74, 6) is 0.781. The monoisotopic (exact) mass is 408 g/mol. The van der Waals surface area contributed by atoms with E-state index in [0.29, 0.717) is 11.6 Å². The molecule has 0 bridgehead atoms. The number of ether oxygens (including phenoxy) is 1. The van der Waals surface area contributed by atoms with Crippen LogP contribution in [0.2, 0.25) is 5.02 Å². The average molecular weight is 409 g/mol. The number of nitrogens with one attached hydrogen (secondary N) is 1. The van der Waals surface area contributed by atoms with Crippen LogP contribution in [-0.4, -0.2) is 19.6 Å². The lowest BCUT2D eigenvalue weighted by Gasteiger charge is -2.19. The number of aryl methyl sites for hydroxylation is 3. The fraction of sp³-hybridized carbons (Fsp3) is 0.182. The highest BCUT2D eigenvalue weighted by atomic mass is 35.5. The van der Waals surface area contributed by atoms with Crippen molar-refractivity contribution in [3.63, 3.8) is 0 Å². The molecule has 2 aromatic heterocycles. The zero-order valence-corrected chi connectivity index (χ0v) is 17.2. The van der Waals surface area contributed by atoms with Gasteiger partial charge in [-0.25, -0.2) is 14.7 Å². The first-order valence-corrected chi connectivity index (χ1v) is 9.59. The van der Waals surface area contributed by atoms with Crippen LogP contribution in [0.15, 0.2) is 59.7 Å². The van der Waals surface area contributed by atoms with Crippen LogP contribution in [0.4, 0.5) is 0 Å². The Balaban J connectivity index is 1.60. The van der Waals surface area contributed by atoms with Gasteiger partial charge in [-0.1, -0.05) is 29.8 Å². The average Bonchev–Trinajstić information content (AvgIpc) is 2.72. The minimum atomic E-state index is -0.106. The summed E-state index contributed by atoms with van der Waals surface area (Å²) in [6, 6.07) is 13.6. The van der Waals surface area contributed by atoms with Gasteiger partial charge in [0, 0.05) is 30.6 Å². The second-order valence-corrected chi connectivity index (χ2v) is 7.38. The van der Waals surface area contributed by atoms with Crippen LogP contribution in [0, 0.1) is 13.8 Å². The van der Waals surface area contributed by atoms with E-state index in [1.807, 2.05) is 50.2 Å². The molecule has 0 aliphatic heterocycles. The molecule has 0 aliphatic carbocycles. The third kappa shape index (κ3) is 3.59. The Morgan fingerprint density at radius 1 is 1.14 bits per heavy atom. The highest BCUT2D eigenvalue weighted by Crippen LogP contribution is 2.31. The van der Waals surface area contributed by atoms with E-state index >= 15 is 0 Å². The number of hydrogen-bond donors (Lipinski definition) is 1. The summed E-state index contributed by atoms with van der Waals surface area (Å²) in [5, 5.41) is 3.62. The van der Waals surface area contributed by atoms with E-state index in [4.69, 9.17) is 16.3 Å². The molecular weight excluding hydrogens is 388 g/mol. The topological polar surface area (TPSA) is 64.8 Å². The molecule has 2 heterocycles. The molecule has 1 N–H and O–H groups in total. The summed E-state index contributed by atoms with van der Waals surface area (Å²) < 4.78 is 9.07. The van der Waals surface area contributed by atoms with Crippen LogP contribution < -0.4 is 10.4 Å². The molecule has 0 unspecified atom stereocenters. The Hall–Kier alpha value is -3.25. The number of hydrogen-bond acceptors (Lipinski definition) is 3. The van der Waals surface area contributed by atoms with E-state index in [9.17, 15) is 4.79 Å². The fourth-order valence-corrected chi connectivity index (χ4v) is 3.51. The molecule has 4 aromatic rings. The molecule has 4 rings (SSSR count). The van der Waals surface area contributed by atoms with Crippen molar-refractivity contribution < 1.29 is 4.74 Å². The van der Waals surface area contributed by atoms with Crippen molar-refractivity contribution in [1.29, 1.82) is 0 Å². The Morgan fingerprint density at radius 3 is 2.66 bits per heavy atom. The normalized spacial score (nSPS) is 11.0. The van der Waals surface area contributed by atoms with E-state index in [2.05, 4.69) is 10.2 Å². The highest BCUT2D eigenvalue weighted by molar-refractivity contribution is 6.33. The van der Waals surface area contributed by atoms with Gasteiger partial charge >= 0.3 is 5.69 Å². The van der Waals surface area contributed by atoms with E-state index in [1.54, 1.807) is 25.5 Å². The van der Waals surface area contributed by atoms with Gasteiger partial charge < -0.3 is 4.74 Å². The van der Waals surface area contributed by atoms with Gasteiger partial charge in [-0.3, -0.25) is 4.98 Å². The van der Waals surface area contributed by atoms with Gasteiger partial charge in [-0.05, 0) is 54.8 Å². The summed E-state index contributed by atoms with van der Waals surface area (Å²) in [5.41, 5.74) is 5.58. The lowest BCUT2D eigenvalue weighted by Crippen LogP contribution is -2.40. The van der Waals surface area contributed by atoms with Gasteiger partial charge in [0.2, 0.25) is 0 Å². The second-order valence-electron chi connectivity index (χ2n) is 6.97. The van der Waals surface area contributed by atoms with Crippen LogP contribution >= 0.6 is 11.6 Å². The SMILES string of the molecule is Cc1cc(-c2cnccc2Cl)ccc1OCc1c(C)cccc1-n1[nH]n(C)c1=O. The molecule has 0 atom stereocenters. The predicted molar refractivity (Wildman–Crippen MR) is 114 cm³/mol. The molecule has 0 spiro atoms. The Morgan fingerprint density at radius 2 is 1.97 bits per heavy atom. The van der Waals surface area contributed by atoms with Crippen LogP contribution in [0.25, 0.3) is 16.8 Å². The second kappa shape index (κ2) is 7.64. The maximum absolute atomic E-state index is 12.1. The molecule has 0 aliphatic rings. The van der Waals surface area contributed by atoms with Gasteiger partial charge in [0.25, 0.3) is 0 Å². The van der Waals surface area contributed by atoms with Crippen molar-refractivity contribution in [1.82, 2.24) is 19.6 Å². The van der Waals surface area contributed by atoms with Crippen LogP contribution in [0.5, 0.6) is 5.75 Å². The smallest absolute Gasteiger partial charge is 0.364 e. The molecule has 0 radical (unpaired) electrons. The first kappa shape index (κ1) is 19.1. The highest BCUT2D eigenvalue weighted by Gasteiger charge is 2.14. The van der Waals surface area contributed by atoms with E-state index < -0.39 is 0 Å². The maximum Gasteiger partial charge on any atom is 0.364 e. The van der Waals surface area contributed by atoms with E-state index in [-0.39, 0.29) is 5.69 Å². The maximum atomic E-state index is 12.1. The first-order chi connectivity index (χ1) is 14.0. The summed E-state index contributed by atoms with van der Waals surface area (Å²) in [4.78, 5) is 16.2. The van der Waals surface area contributed by atoms with Crippen molar-refractivity contribution in [2.24, 2.45) is 7.05 Å². The zero-order chi connectivity index (χ0) is 20.5. The molecule has 0 amide bonds. The predicted octanol–water partition coefficient (Wildman–Crippen LogP) is 4.42. The van der Waals surface area contributed by atoms with Crippen molar-refractivity contribution in [3.05, 3.63) is 87.1 Å². The third-order valence-corrected chi connectivity index (χ3v) is 5.31. The largest absolute Gasteiger partial charge is 0.489 e. The number of H-pyrrole nitrogens is 1. The molecule has 29 heavy (non-hydrogen) atoms. The summed E-state index contributed by atoms with van der Waals surface area (Å²) in [6.45, 7) is 4.36. The minimum Gasteiger partial charge on any atom is -0.489 e. The standard InChI is InChI=1S/C22H21ClN4O2/c1-14-5-4-6-20(27-22(28)26(3)25-27)18(14)13-29-21-8-7-16(11-15(21)2)17-12-24-10-9-19(17)23/h4-12,25H,13H2,1-3H3. The molecule has 0 saturated heterocycles. The lowest BCUT2D eigenvalue weighted by molar-refractivity contribution is 0.301. The Kier molecular flexibility index (Phi) is 5.03. The molecule has 0 saturated carbocycles. The quantitative estimate of drug-likeness (QED) is 0.531. The van der Waals surface area contributed by atoms with Crippen molar-refractivity contribution >= 4 is 11.6 Å². The number of aromatic nitrogens is 4. The van der Waals surface area contributed by atoms with Crippen molar-refractivity contribution in [3.8, 4) is 22.6 Å². The molecule has 7 heteroatoms. The number of halogens is 1. The Labute approximate surface area is 173 Å². The third-order valence-electron chi connectivity index (χ3n) is 4.98. The minimum absolute atomic E-state index is 0.106. The fourth-order valence-electron chi connectivity index (χ4n) is 3.30. The van der Waals surface area contributed by atoms with Gasteiger partial charge in [-0.15, -0.1) is 0 Å². The molecular formula is C22H21ClN4O2. The van der Waals surface area contributed by atoms with Gasteiger partial charge in [0.15, 0.2) is 0 Å². The number of nitrogens with zero attached hydrogens (tertiary/aromatic N) is 3. The van der Waals surface area contributed by atoms with Gasteiger partial charge in [-0.2, -0.15) is 4.68 Å². The Bertz CT molecular complexity index is 1240. The summed E-state index contributed by atoms with van der Waals surface area (Å²) in [7, 11) is 1.68. The number of rotatable bonds is 5. The van der Waals surface area contributed by atoms with E-state index in [0.717, 1.165) is 39.3 Å². The van der Waals surface area contributed by atoms with Crippen LogP contribution in [0.1, 0.15) is 16.7 Å². The van der Waals surface area contributed by atoms with E-state index in [1.165, 1.54) is 9.36 Å². The van der Waals surface area contributed by atoms with Crippen molar-refractivity contribution in [2.75, 3.05) is 0 Å². The molecule has 148 valence electrons. The zero-order valence-electron chi connectivity index (χ0n) is 16.4.